The van der Waals surface area contributed by atoms with E-state index in [0.29, 0.717) is 28.9 Å². The van der Waals surface area contributed by atoms with Crippen molar-refractivity contribution in [3.05, 3.63) is 169 Å². The Morgan fingerprint density at radius 1 is 0.439 bits per heavy atom. The molecule has 0 fully saturated rings. The summed E-state index contributed by atoms with van der Waals surface area (Å²) >= 11 is 0. The average Bonchev–Trinajstić information content (AvgIpc) is 3.94. The monoisotopic (exact) mass is 732 g/mol. The molecule has 12 rings (SSSR count). The molecule has 6 heteroatoms. The van der Waals surface area contributed by atoms with Crippen LogP contribution in [0.15, 0.2) is 167 Å². The number of fused-ring (bicyclic) bond motifs is 11. The Balaban J connectivity index is 1.12. The summed E-state index contributed by atoms with van der Waals surface area (Å²) in [7, 11) is 0. The van der Waals surface area contributed by atoms with Crippen LogP contribution >= 0.6 is 0 Å². The van der Waals surface area contributed by atoms with Crippen LogP contribution in [0.4, 0.5) is 0 Å². The molecule has 0 amide bonds. The largest absolute Gasteiger partial charge is 0.456 e. The predicted octanol–water partition coefficient (Wildman–Crippen LogP) is 13.2. The molecule has 0 spiro atoms. The van der Waals surface area contributed by atoms with Crippen LogP contribution in [0.25, 0.3) is 111 Å². The highest BCUT2D eigenvalue weighted by Gasteiger charge is 2.37. The molecule has 6 nitrogen and oxygen atoms in total. The zero-order valence-corrected chi connectivity index (χ0v) is 31.1. The van der Waals surface area contributed by atoms with Crippen molar-refractivity contribution in [1.82, 2.24) is 19.9 Å². The number of oxazole rings is 1. The summed E-state index contributed by atoms with van der Waals surface area (Å²) in [5.41, 5.74) is 11.5. The van der Waals surface area contributed by atoms with Gasteiger partial charge in [-0.2, -0.15) is 0 Å². The van der Waals surface area contributed by atoms with Crippen molar-refractivity contribution in [2.24, 2.45) is 0 Å². The van der Waals surface area contributed by atoms with Gasteiger partial charge in [-0.3, -0.25) is 0 Å². The smallest absolute Gasteiger partial charge is 0.227 e. The molecule has 3 aromatic heterocycles. The number of hydrogen-bond acceptors (Lipinski definition) is 6. The summed E-state index contributed by atoms with van der Waals surface area (Å²) in [5, 5.41) is 6.16. The molecule has 11 aromatic rings. The van der Waals surface area contributed by atoms with E-state index in [0.717, 1.165) is 71.3 Å². The topological polar surface area (TPSA) is 77.8 Å². The molecule has 1 aliphatic carbocycles. The third kappa shape index (κ3) is 4.71. The molecule has 8 aromatic carbocycles. The number of hydrogen-bond donors (Lipinski definition) is 0. The maximum absolute atomic E-state index is 6.53. The molecule has 0 bridgehead atoms. The van der Waals surface area contributed by atoms with Gasteiger partial charge in [0, 0.05) is 33.1 Å². The predicted molar refractivity (Wildman–Crippen MR) is 229 cm³/mol. The van der Waals surface area contributed by atoms with E-state index in [1.54, 1.807) is 0 Å². The first kappa shape index (κ1) is 31.9. The quantitative estimate of drug-likeness (QED) is 0.179. The highest BCUT2D eigenvalue weighted by molar-refractivity contribution is 6.25. The first-order valence-electron chi connectivity index (χ1n) is 19.2. The van der Waals surface area contributed by atoms with Gasteiger partial charge in [0.25, 0.3) is 0 Å². The lowest BCUT2D eigenvalue weighted by atomic mass is 9.82. The summed E-state index contributed by atoms with van der Waals surface area (Å²) < 4.78 is 13.0. The summed E-state index contributed by atoms with van der Waals surface area (Å²) in [4.78, 5) is 20.8. The lowest BCUT2D eigenvalue weighted by Crippen LogP contribution is -2.14. The summed E-state index contributed by atoms with van der Waals surface area (Å²) in [6.07, 6.45) is 0. The van der Waals surface area contributed by atoms with Crippen LogP contribution in [0.1, 0.15) is 25.0 Å². The Morgan fingerprint density at radius 3 is 2.00 bits per heavy atom. The van der Waals surface area contributed by atoms with E-state index < -0.39 is 0 Å². The van der Waals surface area contributed by atoms with E-state index in [1.807, 2.05) is 48.5 Å². The molecule has 0 aliphatic heterocycles. The maximum atomic E-state index is 6.53. The molecule has 3 heterocycles. The third-order valence-electron chi connectivity index (χ3n) is 11.8. The van der Waals surface area contributed by atoms with Crippen molar-refractivity contribution < 1.29 is 8.83 Å². The fraction of sp³-hybridized carbons (Fsp3) is 0.0588. The Labute approximate surface area is 327 Å². The number of nitrogens with zero attached hydrogens (tertiary/aromatic N) is 4. The van der Waals surface area contributed by atoms with Crippen LogP contribution < -0.4 is 0 Å². The minimum absolute atomic E-state index is 0.163. The first-order valence-corrected chi connectivity index (χ1v) is 19.2. The van der Waals surface area contributed by atoms with E-state index >= 15 is 0 Å². The molecule has 1 aliphatic rings. The second-order valence-corrected chi connectivity index (χ2v) is 15.4. The van der Waals surface area contributed by atoms with Crippen LogP contribution in [-0.2, 0) is 5.41 Å². The van der Waals surface area contributed by atoms with Crippen LogP contribution in [0.5, 0.6) is 0 Å². The fourth-order valence-electron chi connectivity index (χ4n) is 9.01. The first-order chi connectivity index (χ1) is 28.0. The van der Waals surface area contributed by atoms with E-state index in [1.165, 1.54) is 22.3 Å². The molecule has 0 saturated heterocycles. The summed E-state index contributed by atoms with van der Waals surface area (Å²) in [6.45, 7) is 4.60. The van der Waals surface area contributed by atoms with Gasteiger partial charge >= 0.3 is 0 Å². The van der Waals surface area contributed by atoms with E-state index in [-0.39, 0.29) is 5.41 Å². The lowest BCUT2D eigenvalue weighted by Gasteiger charge is -2.21. The molecule has 0 atom stereocenters. The molecule has 57 heavy (non-hydrogen) atoms. The Kier molecular flexibility index (Phi) is 6.59. The molecule has 0 N–H and O–H groups in total. The maximum Gasteiger partial charge on any atom is 0.227 e. The minimum Gasteiger partial charge on any atom is -0.456 e. The second-order valence-electron chi connectivity index (χ2n) is 15.4. The number of rotatable bonds is 4. The standard InChI is InChI=1S/C51H32N4O2/c1-51(2)38-20-9-8-17-35(38)43-36(19-11-21-39(43)51)49-54-47(53-48(55-49)34-18-10-15-29-12-6-7-16-33(29)34)32-23-22-30-24-26-41-44(37(30)28-32)45-42(56-41)27-25-40-46(45)57-50(52-40)31-13-4-3-5-14-31/h3-28H,1-2H3. The average molecular weight is 733 g/mol. The van der Waals surface area contributed by atoms with Gasteiger partial charge in [-0.25, -0.2) is 19.9 Å². The van der Waals surface area contributed by atoms with Crippen molar-refractivity contribution in [2.45, 2.75) is 19.3 Å². The van der Waals surface area contributed by atoms with E-state index in [9.17, 15) is 0 Å². The Hall–Kier alpha value is -7.44. The van der Waals surface area contributed by atoms with E-state index in [4.69, 9.17) is 28.8 Å². The molecular formula is C51H32N4O2. The number of aromatic nitrogens is 4. The molecule has 0 saturated carbocycles. The molecule has 268 valence electrons. The molecule has 0 radical (unpaired) electrons. The van der Waals surface area contributed by atoms with Crippen molar-refractivity contribution in [3.8, 4) is 56.7 Å². The van der Waals surface area contributed by atoms with Crippen molar-refractivity contribution in [1.29, 1.82) is 0 Å². The summed E-state index contributed by atoms with van der Waals surface area (Å²) in [6, 6.07) is 54.4. The van der Waals surface area contributed by atoms with E-state index in [2.05, 4.69) is 123 Å². The zero-order valence-electron chi connectivity index (χ0n) is 31.1. The third-order valence-corrected chi connectivity index (χ3v) is 11.8. The second kappa shape index (κ2) is 11.8. The molecular weight excluding hydrogens is 701 g/mol. The number of benzene rings is 8. The van der Waals surface area contributed by atoms with Crippen molar-refractivity contribution in [3.63, 3.8) is 0 Å². The van der Waals surface area contributed by atoms with Crippen LogP contribution in [-0.4, -0.2) is 19.9 Å². The Morgan fingerprint density at radius 2 is 1.09 bits per heavy atom. The normalized spacial score (nSPS) is 13.2. The SMILES string of the molecule is CC1(C)c2ccccc2-c2c(-c3nc(-c4ccc5ccc6oc7ccc8nc(-c9ccccc9)oc8c7c6c5c4)nc(-c4cccc5ccccc45)n3)cccc21. The number of furan rings is 1. The van der Waals surface area contributed by atoms with Gasteiger partial charge in [0.05, 0.1) is 5.39 Å². The summed E-state index contributed by atoms with van der Waals surface area (Å²) in [5.74, 6) is 2.43. The fourth-order valence-corrected chi connectivity index (χ4v) is 9.01. The van der Waals surface area contributed by atoms with Crippen molar-refractivity contribution >= 4 is 54.6 Å². The van der Waals surface area contributed by atoms with Crippen LogP contribution in [0.3, 0.4) is 0 Å². The highest BCUT2D eigenvalue weighted by Crippen LogP contribution is 2.52. The molecule has 0 unspecified atom stereocenters. The van der Waals surface area contributed by atoms with Crippen LogP contribution in [0, 0.1) is 0 Å². The highest BCUT2D eigenvalue weighted by atomic mass is 16.4. The van der Waals surface area contributed by atoms with Gasteiger partial charge in [0.1, 0.15) is 16.7 Å². The van der Waals surface area contributed by atoms with Gasteiger partial charge < -0.3 is 8.83 Å². The minimum atomic E-state index is -0.163. The van der Waals surface area contributed by atoms with Gasteiger partial charge in [-0.05, 0) is 80.2 Å². The van der Waals surface area contributed by atoms with Gasteiger partial charge in [0.2, 0.25) is 5.89 Å². The van der Waals surface area contributed by atoms with Gasteiger partial charge in [-0.1, -0.05) is 135 Å². The van der Waals surface area contributed by atoms with Gasteiger partial charge in [0.15, 0.2) is 23.1 Å². The lowest BCUT2D eigenvalue weighted by molar-refractivity contribution is 0.622. The zero-order chi connectivity index (χ0) is 37.8. The van der Waals surface area contributed by atoms with Gasteiger partial charge in [-0.15, -0.1) is 0 Å². The Bertz CT molecular complexity index is 3450. The van der Waals surface area contributed by atoms with Crippen LogP contribution in [0.2, 0.25) is 0 Å². The van der Waals surface area contributed by atoms with Crippen molar-refractivity contribution in [2.75, 3.05) is 0 Å².